The molecule has 1 aliphatic rings. The maximum absolute atomic E-state index is 12.7. The summed E-state index contributed by atoms with van der Waals surface area (Å²) in [6.07, 6.45) is 5.17. The number of nitrogens with one attached hydrogen (secondary N) is 1. The molecule has 1 saturated heterocycles. The van der Waals surface area contributed by atoms with Crippen LogP contribution in [-0.4, -0.2) is 39.1 Å². The molecule has 0 radical (unpaired) electrons. The number of carbonyl (C=O) groups is 1. The summed E-state index contributed by atoms with van der Waals surface area (Å²) in [4.78, 5) is 23.1. The topological polar surface area (TPSA) is 84.2 Å². The Labute approximate surface area is 157 Å². The Hall–Kier alpha value is -3.22. The lowest BCUT2D eigenvalue weighted by molar-refractivity contribution is 0.161. The number of para-hydroxylation sites is 1. The number of likely N-dealkylation sites (tertiary alicyclic amines) is 1. The molecule has 2 aromatic heterocycles. The lowest BCUT2D eigenvalue weighted by atomic mass is 9.81. The number of amides is 2. The molecule has 0 saturated carbocycles. The molecule has 138 valence electrons. The highest BCUT2D eigenvalue weighted by molar-refractivity contribution is 5.89. The molecule has 7 nitrogen and oxygen atoms in total. The summed E-state index contributed by atoms with van der Waals surface area (Å²) in [6.45, 7) is 3.33. The van der Waals surface area contributed by atoms with E-state index in [1.807, 2.05) is 47.4 Å². The number of nitrogens with zero attached hydrogens (tertiary/aromatic N) is 4. The van der Waals surface area contributed by atoms with Crippen molar-refractivity contribution in [2.75, 3.05) is 18.4 Å². The minimum Gasteiger partial charge on any atom is -0.334 e. The molecule has 4 rings (SSSR count). The Morgan fingerprint density at radius 2 is 1.96 bits per heavy atom. The summed E-state index contributed by atoms with van der Waals surface area (Å²) in [5, 5.41) is 7.15. The van der Waals surface area contributed by atoms with Crippen LogP contribution < -0.4 is 5.32 Å². The van der Waals surface area contributed by atoms with Crippen LogP contribution in [-0.2, 0) is 5.41 Å². The van der Waals surface area contributed by atoms with Crippen LogP contribution in [0, 0.1) is 0 Å². The van der Waals surface area contributed by atoms with Gasteiger partial charge in [0, 0.05) is 42.1 Å². The molecular formula is C20H21N5O2. The van der Waals surface area contributed by atoms with Gasteiger partial charge in [-0.25, -0.2) is 4.79 Å². The zero-order valence-corrected chi connectivity index (χ0v) is 15.1. The SMILES string of the molecule is CC1(c2noc(-c3ccncc3)n2)CCCN(C(=O)Nc2ccccc2)C1. The first-order valence-electron chi connectivity index (χ1n) is 9.00. The molecule has 1 N–H and O–H groups in total. The van der Waals surface area contributed by atoms with Gasteiger partial charge < -0.3 is 14.7 Å². The van der Waals surface area contributed by atoms with Crippen LogP contribution >= 0.6 is 0 Å². The summed E-state index contributed by atoms with van der Waals surface area (Å²) >= 11 is 0. The summed E-state index contributed by atoms with van der Waals surface area (Å²) in [5.41, 5.74) is 1.28. The monoisotopic (exact) mass is 363 g/mol. The molecule has 1 aliphatic heterocycles. The molecule has 1 unspecified atom stereocenters. The van der Waals surface area contributed by atoms with Gasteiger partial charge in [-0.15, -0.1) is 0 Å². The van der Waals surface area contributed by atoms with Crippen molar-refractivity contribution in [2.45, 2.75) is 25.2 Å². The predicted molar refractivity (Wildman–Crippen MR) is 101 cm³/mol. The normalized spacial score (nSPS) is 19.7. The summed E-state index contributed by atoms with van der Waals surface area (Å²) in [6, 6.07) is 13.0. The Kier molecular flexibility index (Phi) is 4.58. The van der Waals surface area contributed by atoms with E-state index in [4.69, 9.17) is 4.52 Å². The molecule has 1 atom stereocenters. The van der Waals surface area contributed by atoms with Crippen molar-refractivity contribution in [1.29, 1.82) is 0 Å². The molecule has 27 heavy (non-hydrogen) atoms. The largest absolute Gasteiger partial charge is 0.334 e. The third kappa shape index (κ3) is 3.67. The maximum Gasteiger partial charge on any atom is 0.321 e. The van der Waals surface area contributed by atoms with E-state index in [2.05, 4.69) is 27.4 Å². The molecule has 2 amide bonds. The quantitative estimate of drug-likeness (QED) is 0.767. The van der Waals surface area contributed by atoms with Gasteiger partial charge in [0.2, 0.25) is 0 Å². The second-order valence-electron chi connectivity index (χ2n) is 7.04. The van der Waals surface area contributed by atoms with Crippen LogP contribution in [0.15, 0.2) is 59.4 Å². The highest BCUT2D eigenvalue weighted by Crippen LogP contribution is 2.33. The van der Waals surface area contributed by atoms with Crippen LogP contribution in [0.25, 0.3) is 11.5 Å². The predicted octanol–water partition coefficient (Wildman–Crippen LogP) is 3.72. The second kappa shape index (κ2) is 7.19. The van der Waals surface area contributed by atoms with E-state index in [1.54, 1.807) is 12.4 Å². The Morgan fingerprint density at radius 1 is 1.19 bits per heavy atom. The van der Waals surface area contributed by atoms with Gasteiger partial charge in [-0.3, -0.25) is 4.98 Å². The summed E-state index contributed by atoms with van der Waals surface area (Å²) in [5.74, 6) is 1.10. The molecule has 7 heteroatoms. The molecule has 1 fully saturated rings. The first-order valence-corrected chi connectivity index (χ1v) is 9.00. The third-order valence-electron chi connectivity index (χ3n) is 4.90. The second-order valence-corrected chi connectivity index (χ2v) is 7.04. The van der Waals surface area contributed by atoms with E-state index < -0.39 is 0 Å². The first kappa shape index (κ1) is 17.2. The fraction of sp³-hybridized carbons (Fsp3) is 0.300. The van der Waals surface area contributed by atoms with Crippen LogP contribution in [0.2, 0.25) is 0 Å². The highest BCUT2D eigenvalue weighted by Gasteiger charge is 2.38. The standard InChI is InChI=1S/C20H21N5O2/c1-20(18-23-17(27-24-18)15-8-11-21-12-9-15)10-5-13-25(14-20)19(26)22-16-6-3-2-4-7-16/h2-4,6-9,11-12H,5,10,13-14H2,1H3,(H,22,26). The number of urea groups is 1. The van der Waals surface area contributed by atoms with Gasteiger partial charge in [0.1, 0.15) is 0 Å². The van der Waals surface area contributed by atoms with E-state index >= 15 is 0 Å². The zero-order valence-electron chi connectivity index (χ0n) is 15.1. The van der Waals surface area contributed by atoms with Crippen molar-refractivity contribution in [1.82, 2.24) is 20.0 Å². The molecule has 3 heterocycles. The van der Waals surface area contributed by atoms with Gasteiger partial charge >= 0.3 is 6.03 Å². The summed E-state index contributed by atoms with van der Waals surface area (Å²) < 4.78 is 5.45. The molecular weight excluding hydrogens is 342 g/mol. The fourth-order valence-electron chi connectivity index (χ4n) is 3.40. The van der Waals surface area contributed by atoms with Gasteiger partial charge in [-0.1, -0.05) is 30.3 Å². The van der Waals surface area contributed by atoms with Crippen LogP contribution in [0.4, 0.5) is 10.5 Å². The van der Waals surface area contributed by atoms with Gasteiger partial charge in [-0.05, 0) is 37.1 Å². The van der Waals surface area contributed by atoms with E-state index in [0.29, 0.717) is 24.8 Å². The van der Waals surface area contributed by atoms with E-state index in [-0.39, 0.29) is 11.4 Å². The average molecular weight is 363 g/mol. The number of piperidine rings is 1. The number of pyridine rings is 1. The van der Waals surface area contributed by atoms with Crippen molar-refractivity contribution in [3.63, 3.8) is 0 Å². The van der Waals surface area contributed by atoms with Crippen molar-refractivity contribution in [3.05, 3.63) is 60.7 Å². The first-order chi connectivity index (χ1) is 13.1. The average Bonchev–Trinajstić information content (AvgIpc) is 3.21. The summed E-state index contributed by atoms with van der Waals surface area (Å²) in [7, 11) is 0. The minimum absolute atomic E-state index is 0.107. The van der Waals surface area contributed by atoms with E-state index in [0.717, 1.165) is 24.1 Å². The van der Waals surface area contributed by atoms with Crippen molar-refractivity contribution >= 4 is 11.7 Å². The van der Waals surface area contributed by atoms with Gasteiger partial charge in [0.15, 0.2) is 5.82 Å². The third-order valence-corrected chi connectivity index (χ3v) is 4.90. The van der Waals surface area contributed by atoms with Crippen molar-refractivity contribution < 1.29 is 9.32 Å². The van der Waals surface area contributed by atoms with Crippen LogP contribution in [0.5, 0.6) is 0 Å². The van der Waals surface area contributed by atoms with Crippen LogP contribution in [0.3, 0.4) is 0 Å². The number of benzene rings is 1. The highest BCUT2D eigenvalue weighted by atomic mass is 16.5. The van der Waals surface area contributed by atoms with Gasteiger partial charge in [-0.2, -0.15) is 4.98 Å². The molecule has 0 bridgehead atoms. The van der Waals surface area contributed by atoms with Crippen LogP contribution in [0.1, 0.15) is 25.6 Å². The van der Waals surface area contributed by atoms with Crippen molar-refractivity contribution in [2.24, 2.45) is 0 Å². The van der Waals surface area contributed by atoms with Gasteiger partial charge in [0.05, 0.1) is 0 Å². The Balaban J connectivity index is 1.50. The number of hydrogen-bond donors (Lipinski definition) is 1. The van der Waals surface area contributed by atoms with E-state index in [1.165, 1.54) is 0 Å². The Bertz CT molecular complexity index is 912. The molecule has 0 aliphatic carbocycles. The van der Waals surface area contributed by atoms with Crippen molar-refractivity contribution in [3.8, 4) is 11.5 Å². The number of carbonyl (C=O) groups excluding carboxylic acids is 1. The lowest BCUT2D eigenvalue weighted by Gasteiger charge is -2.38. The maximum atomic E-state index is 12.7. The van der Waals surface area contributed by atoms with E-state index in [9.17, 15) is 4.79 Å². The zero-order chi connectivity index (χ0) is 18.7. The number of rotatable bonds is 3. The molecule has 3 aromatic rings. The molecule has 1 aromatic carbocycles. The number of aromatic nitrogens is 3. The minimum atomic E-state index is -0.346. The molecule has 0 spiro atoms. The van der Waals surface area contributed by atoms with Gasteiger partial charge in [0.25, 0.3) is 5.89 Å². The lowest BCUT2D eigenvalue weighted by Crippen LogP contribution is -2.49. The number of anilines is 1. The smallest absolute Gasteiger partial charge is 0.321 e. The fourth-order valence-corrected chi connectivity index (χ4v) is 3.40. The number of hydrogen-bond acceptors (Lipinski definition) is 5. The Morgan fingerprint density at radius 3 is 2.74 bits per heavy atom.